The van der Waals surface area contributed by atoms with Gasteiger partial charge in [0.15, 0.2) is 0 Å². The molecule has 0 radical (unpaired) electrons. The van der Waals surface area contributed by atoms with Crippen molar-refractivity contribution in [2.75, 3.05) is 0 Å². The predicted octanol–water partition coefficient (Wildman–Crippen LogP) is 9.77. The molecular weight excluding hydrogens is 412 g/mol. The van der Waals surface area contributed by atoms with Crippen molar-refractivity contribution in [2.45, 2.75) is 47.0 Å². The van der Waals surface area contributed by atoms with Gasteiger partial charge in [0, 0.05) is 10.9 Å². The minimum Gasteiger partial charge on any atom is -0.455 e. The minimum absolute atomic E-state index is 0.0811. The number of benzene rings is 3. The zero-order valence-electron chi connectivity index (χ0n) is 19.5. The first-order valence-electron chi connectivity index (χ1n) is 11.3. The van der Waals surface area contributed by atoms with Gasteiger partial charge < -0.3 is 4.74 Å². The first kappa shape index (κ1) is 22.4. The molecule has 3 aromatic rings. The molecule has 0 saturated heterocycles. The average Bonchev–Trinajstić information content (AvgIpc) is 2.77. The molecule has 3 aromatic carbocycles. The van der Waals surface area contributed by atoms with Gasteiger partial charge in [-0.05, 0) is 72.8 Å². The summed E-state index contributed by atoms with van der Waals surface area (Å²) in [5.74, 6) is 1.48. The van der Waals surface area contributed by atoms with Gasteiger partial charge in [-0.15, -0.1) is 0 Å². The van der Waals surface area contributed by atoms with Gasteiger partial charge in [-0.1, -0.05) is 92.2 Å². The van der Waals surface area contributed by atoms with Crippen LogP contribution in [0.4, 0.5) is 0 Å². The van der Waals surface area contributed by atoms with Gasteiger partial charge in [0.1, 0.15) is 11.5 Å². The summed E-state index contributed by atoms with van der Waals surface area (Å²) in [6, 6.07) is 20.4. The molecule has 0 bridgehead atoms. The summed E-state index contributed by atoms with van der Waals surface area (Å²) in [4.78, 5) is 0. The Balaban J connectivity index is 1.86. The van der Waals surface area contributed by atoms with Crippen LogP contribution in [0.15, 0.2) is 90.0 Å². The van der Waals surface area contributed by atoms with E-state index < -0.39 is 0 Å². The highest BCUT2D eigenvalue weighted by atomic mass is 35.5. The third kappa shape index (κ3) is 4.14. The monoisotopic (exact) mass is 442 g/mol. The molecule has 0 N–H and O–H groups in total. The van der Waals surface area contributed by atoms with Gasteiger partial charge in [-0.3, -0.25) is 0 Å². The lowest BCUT2D eigenvalue weighted by molar-refractivity contribution is 0.379. The van der Waals surface area contributed by atoms with Gasteiger partial charge in [0.05, 0.1) is 5.02 Å². The molecule has 0 fully saturated rings. The molecule has 32 heavy (non-hydrogen) atoms. The molecule has 0 atom stereocenters. The highest BCUT2D eigenvalue weighted by Crippen LogP contribution is 2.50. The zero-order valence-corrected chi connectivity index (χ0v) is 20.2. The van der Waals surface area contributed by atoms with Crippen molar-refractivity contribution < 1.29 is 4.74 Å². The number of rotatable bonds is 5. The smallest absolute Gasteiger partial charge is 0.146 e. The minimum atomic E-state index is 0.0811. The van der Waals surface area contributed by atoms with E-state index in [2.05, 4.69) is 58.5 Å². The Morgan fingerprint density at radius 2 is 1.69 bits per heavy atom. The molecule has 0 saturated carbocycles. The van der Waals surface area contributed by atoms with E-state index in [1.54, 1.807) is 0 Å². The predicted molar refractivity (Wildman–Crippen MR) is 139 cm³/mol. The second-order valence-corrected chi connectivity index (χ2v) is 9.73. The van der Waals surface area contributed by atoms with Crippen LogP contribution in [0.5, 0.6) is 11.5 Å². The Bertz CT molecular complexity index is 1240. The van der Waals surface area contributed by atoms with Crippen molar-refractivity contribution in [3.8, 4) is 11.5 Å². The van der Waals surface area contributed by atoms with E-state index in [-0.39, 0.29) is 5.41 Å². The van der Waals surface area contributed by atoms with Crippen LogP contribution < -0.4 is 4.74 Å². The molecule has 0 amide bonds. The summed E-state index contributed by atoms with van der Waals surface area (Å²) >= 11 is 7.05. The molecule has 164 valence electrons. The molecule has 4 rings (SSSR count). The van der Waals surface area contributed by atoms with Crippen LogP contribution in [-0.2, 0) is 0 Å². The zero-order chi connectivity index (χ0) is 22.9. The maximum absolute atomic E-state index is 7.05. The van der Waals surface area contributed by atoms with E-state index in [4.69, 9.17) is 16.3 Å². The van der Waals surface area contributed by atoms with Gasteiger partial charge in [-0.25, -0.2) is 0 Å². The van der Waals surface area contributed by atoms with Crippen molar-refractivity contribution in [1.29, 1.82) is 0 Å². The lowest BCUT2D eigenvalue weighted by Gasteiger charge is -2.37. The molecule has 0 unspecified atom stereocenters. The lowest BCUT2D eigenvalue weighted by atomic mass is 9.68. The van der Waals surface area contributed by atoms with Crippen molar-refractivity contribution in [2.24, 2.45) is 5.41 Å². The normalized spacial score (nSPS) is 16.7. The summed E-state index contributed by atoms with van der Waals surface area (Å²) < 4.78 is 6.40. The number of hydrogen-bond donors (Lipinski definition) is 0. The fraction of sp³-hybridized carbons (Fsp3) is 0.267. The lowest BCUT2D eigenvalue weighted by Crippen LogP contribution is -2.22. The number of halogens is 1. The third-order valence-corrected chi connectivity index (χ3v) is 7.00. The summed E-state index contributed by atoms with van der Waals surface area (Å²) in [5, 5.41) is 2.85. The van der Waals surface area contributed by atoms with Crippen molar-refractivity contribution in [3.63, 3.8) is 0 Å². The highest BCUT2D eigenvalue weighted by molar-refractivity contribution is 6.34. The van der Waals surface area contributed by atoms with E-state index in [1.165, 1.54) is 23.1 Å². The van der Waals surface area contributed by atoms with Crippen LogP contribution in [0, 0.1) is 5.41 Å². The van der Waals surface area contributed by atoms with Crippen LogP contribution in [0.3, 0.4) is 0 Å². The van der Waals surface area contributed by atoms with Crippen molar-refractivity contribution >= 4 is 27.9 Å². The topological polar surface area (TPSA) is 9.23 Å². The van der Waals surface area contributed by atoms with E-state index in [0.29, 0.717) is 10.8 Å². The number of ether oxygens (including phenoxy) is 1. The number of allylic oxidation sites excluding steroid dienone is 5. The Hall–Kier alpha value is -2.77. The Labute approximate surface area is 197 Å². The van der Waals surface area contributed by atoms with Crippen LogP contribution in [0.2, 0.25) is 5.02 Å². The van der Waals surface area contributed by atoms with Crippen LogP contribution in [-0.4, -0.2) is 0 Å². The second-order valence-electron chi connectivity index (χ2n) is 9.35. The molecule has 0 heterocycles. The van der Waals surface area contributed by atoms with Gasteiger partial charge in [0.25, 0.3) is 0 Å². The van der Waals surface area contributed by atoms with Crippen molar-refractivity contribution in [3.05, 3.63) is 101 Å². The largest absolute Gasteiger partial charge is 0.455 e. The second kappa shape index (κ2) is 9.00. The van der Waals surface area contributed by atoms with Gasteiger partial charge >= 0.3 is 0 Å². The van der Waals surface area contributed by atoms with Gasteiger partial charge in [-0.2, -0.15) is 0 Å². The summed E-state index contributed by atoms with van der Waals surface area (Å²) in [7, 11) is 0. The SMILES string of the molecule is C=CC(C)=C(C1=C(C)CCCC1(C)C)c1cccc(Oc2cccc3ccccc23)c1Cl. The van der Waals surface area contributed by atoms with E-state index in [1.807, 2.05) is 42.5 Å². The highest BCUT2D eigenvalue weighted by Gasteiger charge is 2.33. The average molecular weight is 443 g/mol. The molecule has 1 aliphatic carbocycles. The van der Waals surface area contributed by atoms with Gasteiger partial charge in [0.2, 0.25) is 0 Å². The van der Waals surface area contributed by atoms with E-state index in [9.17, 15) is 0 Å². The third-order valence-electron chi connectivity index (χ3n) is 6.61. The quantitative estimate of drug-likeness (QED) is 0.357. The van der Waals surface area contributed by atoms with Crippen LogP contribution in [0.25, 0.3) is 16.3 Å². The maximum Gasteiger partial charge on any atom is 0.146 e. The van der Waals surface area contributed by atoms with Crippen LogP contribution >= 0.6 is 11.6 Å². The first-order valence-corrected chi connectivity index (χ1v) is 11.7. The van der Waals surface area contributed by atoms with E-state index >= 15 is 0 Å². The maximum atomic E-state index is 7.05. The molecule has 2 heteroatoms. The molecule has 0 aromatic heterocycles. The summed E-state index contributed by atoms with van der Waals surface area (Å²) in [6.45, 7) is 13.1. The molecular formula is C30H31ClO. The fourth-order valence-electron chi connectivity index (χ4n) is 5.01. The first-order chi connectivity index (χ1) is 15.3. The number of hydrogen-bond acceptors (Lipinski definition) is 1. The molecule has 1 aliphatic rings. The Morgan fingerprint density at radius 1 is 1.00 bits per heavy atom. The Kier molecular flexibility index (Phi) is 6.31. The molecule has 1 nitrogen and oxygen atoms in total. The summed E-state index contributed by atoms with van der Waals surface area (Å²) in [6.07, 6.45) is 5.45. The fourth-order valence-corrected chi connectivity index (χ4v) is 5.27. The molecule has 0 aliphatic heterocycles. The molecule has 0 spiro atoms. The van der Waals surface area contributed by atoms with Crippen molar-refractivity contribution in [1.82, 2.24) is 0 Å². The Morgan fingerprint density at radius 3 is 2.44 bits per heavy atom. The number of fused-ring (bicyclic) bond motifs is 1. The summed E-state index contributed by atoms with van der Waals surface area (Å²) in [5.41, 5.74) is 6.25. The van der Waals surface area contributed by atoms with Crippen LogP contribution in [0.1, 0.15) is 52.5 Å². The van der Waals surface area contributed by atoms with E-state index in [0.717, 1.165) is 40.5 Å². The standard InChI is InChI=1S/C30H31ClO/c1-6-20(2)27(28-21(3)12-11-19-30(28,4)5)24-16-10-18-26(29(24)31)32-25-17-9-14-22-13-7-8-15-23(22)25/h6-10,13-18H,1,11-12,19H2,2-5H3.